The molecule has 0 fully saturated rings. The fourth-order valence-electron chi connectivity index (χ4n) is 2.75. The molecule has 1 N–H and O–H groups in total. The van der Waals surface area contributed by atoms with Gasteiger partial charge < -0.3 is 0 Å². The van der Waals surface area contributed by atoms with Crippen molar-refractivity contribution in [2.75, 3.05) is 0 Å². The first-order valence-corrected chi connectivity index (χ1v) is 10.3. The van der Waals surface area contributed by atoms with Crippen LogP contribution in [0.4, 0.5) is 0 Å². The molecule has 3 nitrogen and oxygen atoms in total. The van der Waals surface area contributed by atoms with Crippen molar-refractivity contribution in [2.45, 2.75) is 17.4 Å². The Labute approximate surface area is 163 Å². The molecule has 0 heterocycles. The summed E-state index contributed by atoms with van der Waals surface area (Å²) in [6.45, 7) is 0. The number of hydrogen-bond acceptors (Lipinski definition) is 2. The topological polar surface area (TPSA) is 46.2 Å². The Morgan fingerprint density at radius 1 is 0.769 bits per heavy atom. The summed E-state index contributed by atoms with van der Waals surface area (Å²) in [5, 5.41) is 0.188. The first kappa shape index (κ1) is 18.9. The normalized spacial score (nSPS) is 12.7. The molecular weight excluding hydrogens is 389 g/mol. The Morgan fingerprint density at radius 3 is 1.88 bits per heavy atom. The Kier molecular flexibility index (Phi) is 5.99. The number of nitrogens with one attached hydrogen (secondary N) is 1. The van der Waals surface area contributed by atoms with Crippen LogP contribution in [0.25, 0.3) is 0 Å². The van der Waals surface area contributed by atoms with E-state index in [-0.39, 0.29) is 14.9 Å². The highest BCUT2D eigenvalue weighted by atomic mass is 35.5. The van der Waals surface area contributed by atoms with E-state index in [2.05, 4.69) is 4.72 Å². The third-order valence-corrected chi connectivity index (χ3v) is 6.40. The summed E-state index contributed by atoms with van der Waals surface area (Å²) in [6.07, 6.45) is 0.506. The number of hydrogen-bond donors (Lipinski definition) is 1. The third-order valence-electron chi connectivity index (χ3n) is 3.97. The van der Waals surface area contributed by atoms with Crippen LogP contribution < -0.4 is 4.72 Å². The zero-order chi connectivity index (χ0) is 18.6. The zero-order valence-electron chi connectivity index (χ0n) is 13.8. The average Bonchev–Trinajstić information content (AvgIpc) is 2.62. The lowest BCUT2D eigenvalue weighted by Crippen LogP contribution is -2.30. The van der Waals surface area contributed by atoms with Crippen LogP contribution in [0.2, 0.25) is 10.0 Å². The van der Waals surface area contributed by atoms with Crippen LogP contribution in [0.1, 0.15) is 17.2 Å². The fraction of sp³-hybridized carbons (Fsp3) is 0.100. The molecule has 1 atom stereocenters. The Balaban J connectivity index is 1.97. The van der Waals surface area contributed by atoms with Gasteiger partial charge in [0.1, 0.15) is 4.90 Å². The van der Waals surface area contributed by atoms with Crippen molar-refractivity contribution in [3.8, 4) is 0 Å². The van der Waals surface area contributed by atoms with E-state index in [1.807, 2.05) is 60.7 Å². The molecule has 26 heavy (non-hydrogen) atoms. The SMILES string of the molecule is O=S(=O)(N[C@H](Cc1ccccc1)c1ccccc1)c1c(Cl)cccc1Cl. The van der Waals surface area contributed by atoms with E-state index in [9.17, 15) is 8.42 Å². The van der Waals surface area contributed by atoms with Crippen molar-refractivity contribution < 1.29 is 8.42 Å². The second-order valence-corrected chi connectivity index (χ2v) is 8.29. The van der Waals surface area contributed by atoms with Gasteiger partial charge in [0, 0.05) is 0 Å². The predicted molar refractivity (Wildman–Crippen MR) is 106 cm³/mol. The summed E-state index contributed by atoms with van der Waals surface area (Å²) in [4.78, 5) is -0.0997. The minimum absolute atomic E-state index is 0.0940. The largest absolute Gasteiger partial charge is 0.244 e. The van der Waals surface area contributed by atoms with Crippen molar-refractivity contribution >= 4 is 33.2 Å². The van der Waals surface area contributed by atoms with Gasteiger partial charge in [-0.25, -0.2) is 13.1 Å². The molecule has 134 valence electrons. The zero-order valence-corrected chi connectivity index (χ0v) is 16.1. The van der Waals surface area contributed by atoms with E-state index in [1.165, 1.54) is 12.1 Å². The molecule has 3 aromatic rings. The van der Waals surface area contributed by atoms with Crippen LogP contribution in [0.15, 0.2) is 83.8 Å². The number of halogens is 2. The fourth-order valence-corrected chi connectivity index (χ4v) is 5.12. The summed E-state index contributed by atoms with van der Waals surface area (Å²) in [7, 11) is -3.90. The van der Waals surface area contributed by atoms with Gasteiger partial charge in [-0.1, -0.05) is 89.9 Å². The second-order valence-electron chi connectivity index (χ2n) is 5.83. The van der Waals surface area contributed by atoms with Gasteiger partial charge in [0.15, 0.2) is 0 Å². The second kappa shape index (κ2) is 8.23. The first-order valence-electron chi connectivity index (χ1n) is 8.02. The van der Waals surface area contributed by atoms with Gasteiger partial charge in [-0.05, 0) is 29.7 Å². The van der Waals surface area contributed by atoms with Crippen molar-refractivity contribution in [1.29, 1.82) is 0 Å². The summed E-state index contributed by atoms with van der Waals surface area (Å²) in [5.41, 5.74) is 1.89. The minimum atomic E-state index is -3.90. The van der Waals surface area contributed by atoms with E-state index >= 15 is 0 Å². The van der Waals surface area contributed by atoms with Crippen LogP contribution in [0, 0.1) is 0 Å². The molecular formula is C20H17Cl2NO2S. The molecule has 0 aliphatic heterocycles. The van der Waals surface area contributed by atoms with Gasteiger partial charge in [0.25, 0.3) is 0 Å². The molecule has 3 rings (SSSR count). The molecule has 0 aromatic heterocycles. The van der Waals surface area contributed by atoms with Crippen LogP contribution >= 0.6 is 23.2 Å². The summed E-state index contributed by atoms with van der Waals surface area (Å²) >= 11 is 12.2. The van der Waals surface area contributed by atoms with Gasteiger partial charge in [0.05, 0.1) is 16.1 Å². The summed E-state index contributed by atoms with van der Waals surface area (Å²) < 4.78 is 28.7. The molecule has 0 spiro atoms. The Morgan fingerprint density at radius 2 is 1.31 bits per heavy atom. The van der Waals surface area contributed by atoms with Crippen molar-refractivity contribution in [2.24, 2.45) is 0 Å². The van der Waals surface area contributed by atoms with Crippen LogP contribution in [-0.4, -0.2) is 8.42 Å². The van der Waals surface area contributed by atoms with Crippen LogP contribution in [-0.2, 0) is 16.4 Å². The number of rotatable bonds is 6. The first-order chi connectivity index (χ1) is 12.5. The minimum Gasteiger partial charge on any atom is -0.207 e. The van der Waals surface area contributed by atoms with Gasteiger partial charge in [-0.2, -0.15) is 0 Å². The molecule has 0 saturated carbocycles. The lowest BCUT2D eigenvalue weighted by atomic mass is 10.00. The predicted octanol–water partition coefficient (Wildman–Crippen LogP) is 5.26. The van der Waals surface area contributed by atoms with Gasteiger partial charge in [-0.15, -0.1) is 0 Å². The lowest BCUT2D eigenvalue weighted by molar-refractivity contribution is 0.555. The van der Waals surface area contributed by atoms with E-state index in [4.69, 9.17) is 23.2 Å². The van der Waals surface area contributed by atoms with E-state index < -0.39 is 16.1 Å². The molecule has 0 bridgehead atoms. The standard InChI is InChI=1S/C20H17Cl2NO2S/c21-17-12-7-13-18(22)20(17)26(24,25)23-19(16-10-5-2-6-11-16)14-15-8-3-1-4-9-15/h1-13,19,23H,14H2/t19-/m1/s1. The van der Waals surface area contributed by atoms with E-state index in [0.29, 0.717) is 6.42 Å². The smallest absolute Gasteiger partial charge is 0.207 e. The molecule has 0 aliphatic rings. The van der Waals surface area contributed by atoms with Gasteiger partial charge >= 0.3 is 0 Å². The Bertz CT molecular complexity index is 957. The average molecular weight is 406 g/mol. The monoisotopic (exact) mass is 405 g/mol. The highest BCUT2D eigenvalue weighted by Gasteiger charge is 2.26. The molecule has 0 radical (unpaired) electrons. The van der Waals surface area contributed by atoms with Crippen molar-refractivity contribution in [1.82, 2.24) is 4.72 Å². The molecule has 0 aliphatic carbocycles. The van der Waals surface area contributed by atoms with Crippen molar-refractivity contribution in [3.05, 3.63) is 100 Å². The molecule has 6 heteroatoms. The maximum Gasteiger partial charge on any atom is 0.244 e. The highest BCUT2D eigenvalue weighted by Crippen LogP contribution is 2.30. The van der Waals surface area contributed by atoms with Gasteiger partial charge in [-0.3, -0.25) is 0 Å². The van der Waals surface area contributed by atoms with Crippen LogP contribution in [0.5, 0.6) is 0 Å². The molecule has 3 aromatic carbocycles. The highest BCUT2D eigenvalue weighted by molar-refractivity contribution is 7.89. The third kappa shape index (κ3) is 4.46. The maximum atomic E-state index is 13.0. The molecule has 0 amide bonds. The lowest BCUT2D eigenvalue weighted by Gasteiger charge is -2.20. The number of benzene rings is 3. The van der Waals surface area contributed by atoms with E-state index in [1.54, 1.807) is 6.07 Å². The van der Waals surface area contributed by atoms with Crippen molar-refractivity contribution in [3.63, 3.8) is 0 Å². The van der Waals surface area contributed by atoms with E-state index in [0.717, 1.165) is 11.1 Å². The molecule has 0 unspecified atom stereocenters. The van der Waals surface area contributed by atoms with Gasteiger partial charge in [0.2, 0.25) is 10.0 Å². The number of sulfonamides is 1. The van der Waals surface area contributed by atoms with Crippen LogP contribution in [0.3, 0.4) is 0 Å². The molecule has 0 saturated heterocycles. The quantitative estimate of drug-likeness (QED) is 0.607. The summed E-state index contributed by atoms with van der Waals surface area (Å²) in [5.74, 6) is 0. The summed E-state index contributed by atoms with van der Waals surface area (Å²) in [6, 6.07) is 23.3. The maximum absolute atomic E-state index is 13.0. The Hall–Kier alpha value is -1.85.